The molecular weight excluding hydrogens is 489 g/mol. The van der Waals surface area contributed by atoms with Gasteiger partial charge < -0.3 is 5.73 Å². The van der Waals surface area contributed by atoms with Crippen molar-refractivity contribution in [1.29, 1.82) is 10.5 Å². The average Bonchev–Trinajstić information content (AvgIpc) is 2.92. The molecule has 1 atom stereocenters. The van der Waals surface area contributed by atoms with Gasteiger partial charge in [-0.25, -0.2) is 4.21 Å². The lowest BCUT2D eigenvalue weighted by Gasteiger charge is -2.15. The van der Waals surface area contributed by atoms with Crippen molar-refractivity contribution in [2.45, 2.75) is 16.6 Å². The number of alkyl halides is 6. The van der Waals surface area contributed by atoms with Crippen LogP contribution in [0, 0.1) is 22.7 Å². The standard InChI is InChI=1S/C14H4Cl2F6N4OS.H2O2/c15-7-1-5(13(17,18)19)2-8(16)10(7)26-9(4-24)6(3-23)11(12(26)25)28(27)14(20,21)22;1-2/h1-2H,25H2;1-2H. The fourth-order valence-corrected chi connectivity index (χ4v) is 3.75. The summed E-state index contributed by atoms with van der Waals surface area (Å²) < 4.78 is 89.4. The van der Waals surface area contributed by atoms with Crippen LogP contribution in [0.1, 0.15) is 16.8 Å². The number of hydrogen-bond donors (Lipinski definition) is 3. The van der Waals surface area contributed by atoms with Crippen molar-refractivity contribution >= 4 is 39.8 Å². The molecule has 0 amide bonds. The van der Waals surface area contributed by atoms with Crippen molar-refractivity contribution in [2.24, 2.45) is 0 Å². The number of hydrogen-bond acceptors (Lipinski definition) is 6. The Bertz CT molecular complexity index is 1060. The monoisotopic (exact) mass is 494 g/mol. The molecule has 1 unspecified atom stereocenters. The molecule has 7 nitrogen and oxygen atoms in total. The van der Waals surface area contributed by atoms with Gasteiger partial charge in [0.1, 0.15) is 34.1 Å². The minimum atomic E-state index is -5.33. The van der Waals surface area contributed by atoms with Gasteiger partial charge in [0, 0.05) is 0 Å². The predicted octanol–water partition coefficient (Wildman–Crippen LogP) is 4.77. The van der Waals surface area contributed by atoms with Crippen LogP contribution in [0.25, 0.3) is 5.69 Å². The third-order valence-corrected chi connectivity index (χ3v) is 5.12. The molecule has 0 bridgehead atoms. The molecule has 0 aliphatic rings. The van der Waals surface area contributed by atoms with Crippen molar-refractivity contribution in [2.75, 3.05) is 5.73 Å². The number of nitriles is 2. The Morgan fingerprint density at radius 3 is 1.83 bits per heavy atom. The number of anilines is 1. The summed E-state index contributed by atoms with van der Waals surface area (Å²) in [7, 11) is -3.81. The normalized spacial score (nSPS) is 12.4. The molecular formula is C14H6Cl2F6N4O3S. The van der Waals surface area contributed by atoms with E-state index < -0.39 is 65.8 Å². The van der Waals surface area contributed by atoms with Gasteiger partial charge in [-0.3, -0.25) is 15.1 Å². The fraction of sp³-hybridized carbons (Fsp3) is 0.143. The first kappa shape index (κ1) is 25.5. The Morgan fingerprint density at radius 1 is 1.03 bits per heavy atom. The summed E-state index contributed by atoms with van der Waals surface area (Å²) in [6.07, 6.45) is -4.84. The van der Waals surface area contributed by atoms with Crippen molar-refractivity contribution < 1.29 is 41.1 Å². The van der Waals surface area contributed by atoms with Crippen LogP contribution < -0.4 is 5.73 Å². The van der Waals surface area contributed by atoms with Crippen LogP contribution in [0.2, 0.25) is 10.0 Å². The molecule has 2 rings (SSSR count). The molecule has 0 saturated heterocycles. The lowest BCUT2D eigenvalue weighted by molar-refractivity contribution is -0.176. The second kappa shape index (κ2) is 9.11. The Hall–Kier alpha value is -2.49. The molecule has 1 heterocycles. The lowest BCUT2D eigenvalue weighted by Crippen LogP contribution is -2.18. The SMILES string of the molecule is N#Cc1c(S(=O)C(F)(F)F)c(N)n(-c2c(Cl)cc(C(F)(F)F)cc2Cl)c1C#N.OO. The summed E-state index contributed by atoms with van der Waals surface area (Å²) in [5.41, 5.74) is -3.39. The molecule has 1 aromatic heterocycles. The number of halogens is 8. The van der Waals surface area contributed by atoms with Crippen molar-refractivity contribution in [3.8, 4) is 17.8 Å². The molecule has 30 heavy (non-hydrogen) atoms. The highest BCUT2D eigenvalue weighted by Gasteiger charge is 2.43. The summed E-state index contributed by atoms with van der Waals surface area (Å²) in [5.74, 6) is -0.979. The van der Waals surface area contributed by atoms with E-state index in [-0.39, 0.29) is 0 Å². The zero-order valence-corrected chi connectivity index (χ0v) is 16.1. The number of nitrogens with zero attached hydrogens (tertiary/aromatic N) is 3. The number of nitrogens with two attached hydrogens (primary N) is 1. The lowest BCUT2D eigenvalue weighted by atomic mass is 10.2. The van der Waals surface area contributed by atoms with Gasteiger partial charge in [0.15, 0.2) is 10.8 Å². The predicted molar refractivity (Wildman–Crippen MR) is 92.4 cm³/mol. The fourth-order valence-electron chi connectivity index (χ4n) is 2.26. The van der Waals surface area contributed by atoms with E-state index in [1.54, 1.807) is 0 Å². The Morgan fingerprint density at radius 2 is 1.50 bits per heavy atom. The van der Waals surface area contributed by atoms with E-state index in [0.29, 0.717) is 16.7 Å². The smallest absolute Gasteiger partial charge is 0.384 e. The van der Waals surface area contributed by atoms with Gasteiger partial charge in [-0.15, -0.1) is 0 Å². The molecule has 4 N–H and O–H groups in total. The van der Waals surface area contributed by atoms with Crippen LogP contribution in [0.4, 0.5) is 32.2 Å². The van der Waals surface area contributed by atoms with E-state index in [1.165, 1.54) is 12.1 Å². The van der Waals surface area contributed by atoms with Crippen molar-refractivity contribution in [1.82, 2.24) is 4.57 Å². The van der Waals surface area contributed by atoms with E-state index in [4.69, 9.17) is 44.7 Å². The van der Waals surface area contributed by atoms with Crippen LogP contribution in [0.5, 0.6) is 0 Å². The first-order valence-corrected chi connectivity index (χ1v) is 8.75. The summed E-state index contributed by atoms with van der Waals surface area (Å²) in [4.78, 5) is -1.22. The average molecular weight is 495 g/mol. The Balaban J connectivity index is 0.00000218. The maximum absolute atomic E-state index is 12.9. The molecule has 0 aliphatic heterocycles. The minimum absolute atomic E-state index is 0.413. The highest BCUT2D eigenvalue weighted by atomic mass is 35.5. The zero-order chi connectivity index (χ0) is 23.6. The summed E-state index contributed by atoms with van der Waals surface area (Å²) >= 11 is 11.6. The molecule has 0 spiro atoms. The van der Waals surface area contributed by atoms with E-state index in [1.807, 2.05) is 0 Å². The van der Waals surface area contributed by atoms with Gasteiger partial charge in [-0.2, -0.15) is 36.9 Å². The van der Waals surface area contributed by atoms with Crippen LogP contribution in [-0.2, 0) is 17.0 Å². The van der Waals surface area contributed by atoms with E-state index in [9.17, 15) is 35.8 Å². The van der Waals surface area contributed by atoms with Gasteiger partial charge in [0.25, 0.3) is 0 Å². The summed E-state index contributed by atoms with van der Waals surface area (Å²) in [5, 5.41) is 29.0. The van der Waals surface area contributed by atoms with Crippen LogP contribution >= 0.6 is 23.2 Å². The molecule has 162 valence electrons. The number of benzene rings is 1. The maximum atomic E-state index is 12.9. The first-order valence-electron chi connectivity index (χ1n) is 6.85. The maximum Gasteiger partial charge on any atom is 0.476 e. The molecule has 0 radical (unpaired) electrons. The van der Waals surface area contributed by atoms with E-state index in [2.05, 4.69) is 0 Å². The van der Waals surface area contributed by atoms with Crippen LogP contribution in [0.3, 0.4) is 0 Å². The molecule has 0 fully saturated rings. The van der Waals surface area contributed by atoms with Gasteiger partial charge in [-0.05, 0) is 12.1 Å². The largest absolute Gasteiger partial charge is 0.476 e. The highest BCUT2D eigenvalue weighted by molar-refractivity contribution is 7.86. The van der Waals surface area contributed by atoms with Crippen LogP contribution in [-0.4, -0.2) is 24.8 Å². The molecule has 0 saturated carbocycles. The van der Waals surface area contributed by atoms with Gasteiger partial charge in [0.2, 0.25) is 0 Å². The van der Waals surface area contributed by atoms with Crippen molar-refractivity contribution in [3.05, 3.63) is 39.0 Å². The third-order valence-electron chi connectivity index (χ3n) is 3.34. The van der Waals surface area contributed by atoms with E-state index in [0.717, 1.165) is 0 Å². The van der Waals surface area contributed by atoms with Gasteiger partial charge in [0.05, 0.1) is 21.3 Å². The van der Waals surface area contributed by atoms with Gasteiger partial charge in [-0.1, -0.05) is 23.2 Å². The minimum Gasteiger partial charge on any atom is -0.384 e. The molecule has 0 aliphatic carbocycles. The molecule has 1 aromatic carbocycles. The first-order chi connectivity index (χ1) is 13.8. The summed E-state index contributed by atoms with van der Waals surface area (Å²) in [6.45, 7) is 0. The topological polar surface area (TPSA) is 136 Å². The highest BCUT2D eigenvalue weighted by Crippen LogP contribution is 2.42. The Kier molecular flexibility index (Phi) is 7.76. The number of aromatic nitrogens is 1. The Labute approximate surface area is 175 Å². The molecule has 16 heteroatoms. The summed E-state index contributed by atoms with van der Waals surface area (Å²) in [6, 6.07) is 3.52. The molecule has 2 aromatic rings. The van der Waals surface area contributed by atoms with Gasteiger partial charge >= 0.3 is 11.7 Å². The number of nitrogen functional groups attached to an aromatic ring is 1. The zero-order valence-electron chi connectivity index (χ0n) is 13.8. The quantitative estimate of drug-likeness (QED) is 0.312. The number of rotatable bonds is 2. The second-order valence-corrected chi connectivity index (χ2v) is 7.22. The van der Waals surface area contributed by atoms with Crippen molar-refractivity contribution in [3.63, 3.8) is 0 Å². The van der Waals surface area contributed by atoms with E-state index >= 15 is 0 Å². The third kappa shape index (κ3) is 4.63. The van der Waals surface area contributed by atoms with Crippen LogP contribution in [0.15, 0.2) is 17.0 Å². The second-order valence-electron chi connectivity index (χ2n) is 5.00.